The fourth-order valence-electron chi connectivity index (χ4n) is 2.03. The maximum Gasteiger partial charge on any atom is 0.500 e. The highest BCUT2D eigenvalue weighted by atomic mass is 28.4. The van der Waals surface area contributed by atoms with E-state index in [1.807, 2.05) is 0 Å². The Morgan fingerprint density at radius 3 is 1.44 bits per heavy atom. The summed E-state index contributed by atoms with van der Waals surface area (Å²) in [5.41, 5.74) is 0. The topological polar surface area (TPSA) is 27.7 Å². The molecule has 0 aromatic carbocycles. The van der Waals surface area contributed by atoms with E-state index in [-0.39, 0.29) is 11.0 Å². The molecule has 0 N–H and O–H groups in total. The molecule has 0 amide bonds. The molecule has 0 aliphatic carbocycles. The van der Waals surface area contributed by atoms with Gasteiger partial charge in [-0.25, -0.2) is 0 Å². The van der Waals surface area contributed by atoms with Crippen LogP contribution in [-0.2, 0) is 13.3 Å². The van der Waals surface area contributed by atoms with E-state index in [0.717, 1.165) is 12.5 Å². The second-order valence-electron chi connectivity index (χ2n) is 4.52. The van der Waals surface area contributed by atoms with Gasteiger partial charge < -0.3 is 13.3 Å². The van der Waals surface area contributed by atoms with E-state index in [2.05, 4.69) is 6.92 Å². The van der Waals surface area contributed by atoms with Crippen molar-refractivity contribution in [2.45, 2.75) is 64.3 Å². The number of hydrogen-bond acceptors (Lipinski definition) is 3. The first-order valence-corrected chi connectivity index (χ1v) is 8.83. The maximum atomic E-state index is 5.39. The monoisotopic (exact) mass is 294 g/mol. The summed E-state index contributed by atoms with van der Waals surface area (Å²) in [5, 5.41) is 0. The SMILES string of the molecule is CCCCCCCCCC[Si](OC)(OC)OC.[SiH4]. The lowest BCUT2D eigenvalue weighted by Crippen LogP contribution is -2.42. The van der Waals surface area contributed by atoms with E-state index in [4.69, 9.17) is 13.3 Å². The van der Waals surface area contributed by atoms with Crippen LogP contribution in [0.2, 0.25) is 6.04 Å². The van der Waals surface area contributed by atoms with Crippen LogP contribution in [0.4, 0.5) is 0 Å². The highest BCUT2D eigenvalue weighted by Crippen LogP contribution is 2.18. The van der Waals surface area contributed by atoms with Gasteiger partial charge in [-0.05, 0) is 17.4 Å². The van der Waals surface area contributed by atoms with Crippen molar-refractivity contribution >= 4 is 19.8 Å². The van der Waals surface area contributed by atoms with E-state index >= 15 is 0 Å². The van der Waals surface area contributed by atoms with Crippen LogP contribution in [0.1, 0.15) is 58.3 Å². The molecular weight excluding hydrogens is 260 g/mol. The molecule has 0 aromatic rings. The molecule has 5 heteroatoms. The number of unbranched alkanes of at least 4 members (excludes halogenated alkanes) is 7. The first-order chi connectivity index (χ1) is 8.24. The normalized spacial score (nSPS) is 11.3. The molecule has 0 rings (SSSR count). The Hall–Kier alpha value is 0.314. The van der Waals surface area contributed by atoms with Crippen LogP contribution in [-0.4, -0.2) is 41.1 Å². The Morgan fingerprint density at radius 2 is 1.06 bits per heavy atom. The van der Waals surface area contributed by atoms with Gasteiger partial charge in [-0.1, -0.05) is 51.9 Å². The van der Waals surface area contributed by atoms with Crippen molar-refractivity contribution in [3.8, 4) is 0 Å². The number of rotatable bonds is 12. The van der Waals surface area contributed by atoms with E-state index in [9.17, 15) is 0 Å². The van der Waals surface area contributed by atoms with Crippen LogP contribution >= 0.6 is 0 Å². The van der Waals surface area contributed by atoms with Crippen LogP contribution in [0.25, 0.3) is 0 Å². The predicted molar refractivity (Wildman–Crippen MR) is 85.5 cm³/mol. The van der Waals surface area contributed by atoms with Crippen molar-refractivity contribution in [3.05, 3.63) is 0 Å². The average Bonchev–Trinajstić information content (AvgIpc) is 2.38. The smallest absolute Gasteiger partial charge is 0.377 e. The maximum absolute atomic E-state index is 5.39. The molecule has 0 aromatic heterocycles. The van der Waals surface area contributed by atoms with Gasteiger partial charge in [0.25, 0.3) is 0 Å². The Kier molecular flexibility index (Phi) is 15.7. The molecule has 0 heterocycles. The van der Waals surface area contributed by atoms with Gasteiger partial charge in [0.1, 0.15) is 0 Å². The molecule has 112 valence electrons. The minimum absolute atomic E-state index is 0. The quantitative estimate of drug-likeness (QED) is 0.409. The second-order valence-corrected chi connectivity index (χ2v) is 7.61. The molecule has 3 nitrogen and oxygen atoms in total. The van der Waals surface area contributed by atoms with Crippen LogP contribution in [0.5, 0.6) is 0 Å². The van der Waals surface area contributed by atoms with Crippen molar-refractivity contribution in [1.29, 1.82) is 0 Å². The van der Waals surface area contributed by atoms with Gasteiger partial charge >= 0.3 is 8.80 Å². The fourth-order valence-corrected chi connectivity index (χ4v) is 3.83. The lowest BCUT2D eigenvalue weighted by molar-refractivity contribution is 0.122. The molecule has 0 saturated heterocycles. The van der Waals surface area contributed by atoms with Crippen molar-refractivity contribution in [2.24, 2.45) is 0 Å². The summed E-state index contributed by atoms with van der Waals surface area (Å²) in [5.74, 6) is 0. The third kappa shape index (κ3) is 9.27. The zero-order chi connectivity index (χ0) is 13.0. The van der Waals surface area contributed by atoms with Crippen molar-refractivity contribution in [2.75, 3.05) is 21.3 Å². The summed E-state index contributed by atoms with van der Waals surface area (Å²) in [6.45, 7) is 2.25. The van der Waals surface area contributed by atoms with Crippen molar-refractivity contribution < 1.29 is 13.3 Å². The Balaban J connectivity index is 0. The highest BCUT2D eigenvalue weighted by molar-refractivity contribution is 6.60. The van der Waals surface area contributed by atoms with Gasteiger partial charge in [-0.2, -0.15) is 0 Å². The molecular formula is C13H34O3Si2. The van der Waals surface area contributed by atoms with Crippen LogP contribution in [0, 0.1) is 0 Å². The predicted octanol–water partition coefficient (Wildman–Crippen LogP) is 2.55. The minimum atomic E-state index is -2.30. The molecule has 0 aliphatic heterocycles. The Labute approximate surface area is 119 Å². The molecule has 0 aliphatic rings. The summed E-state index contributed by atoms with van der Waals surface area (Å²) >= 11 is 0. The largest absolute Gasteiger partial charge is 0.500 e. The van der Waals surface area contributed by atoms with Gasteiger partial charge in [-0.3, -0.25) is 0 Å². The van der Waals surface area contributed by atoms with Crippen molar-refractivity contribution in [3.63, 3.8) is 0 Å². The van der Waals surface area contributed by atoms with Gasteiger partial charge in [0, 0.05) is 27.4 Å². The first-order valence-electron chi connectivity index (χ1n) is 6.90. The fraction of sp³-hybridized carbons (Fsp3) is 1.00. The number of hydrogen-bond donors (Lipinski definition) is 0. The molecule has 0 atom stereocenters. The third-order valence-corrected chi connectivity index (χ3v) is 6.10. The van der Waals surface area contributed by atoms with E-state index in [0.29, 0.717) is 0 Å². The van der Waals surface area contributed by atoms with E-state index in [1.165, 1.54) is 44.9 Å². The molecule has 0 spiro atoms. The molecule has 0 saturated carbocycles. The summed E-state index contributed by atoms with van der Waals surface area (Å²) in [7, 11) is 2.75. The van der Waals surface area contributed by atoms with E-state index in [1.54, 1.807) is 21.3 Å². The minimum Gasteiger partial charge on any atom is -0.377 e. The standard InChI is InChI=1S/C13H30O3Si.H4Si/c1-5-6-7-8-9-10-11-12-13-17(14-2,15-3)16-4;/h5-13H2,1-4H3;1H4. The van der Waals surface area contributed by atoms with Crippen LogP contribution in [0.3, 0.4) is 0 Å². The van der Waals surface area contributed by atoms with Crippen molar-refractivity contribution in [1.82, 2.24) is 0 Å². The van der Waals surface area contributed by atoms with Gasteiger partial charge in [-0.15, -0.1) is 0 Å². The third-order valence-electron chi connectivity index (χ3n) is 3.27. The summed E-state index contributed by atoms with van der Waals surface area (Å²) in [6.07, 6.45) is 10.6. The molecule has 0 radical (unpaired) electrons. The summed E-state index contributed by atoms with van der Waals surface area (Å²) < 4.78 is 16.2. The van der Waals surface area contributed by atoms with Gasteiger partial charge in [0.15, 0.2) is 0 Å². The van der Waals surface area contributed by atoms with Gasteiger partial charge in [0.2, 0.25) is 0 Å². The van der Waals surface area contributed by atoms with Gasteiger partial charge in [0.05, 0.1) is 0 Å². The molecule has 18 heavy (non-hydrogen) atoms. The Morgan fingerprint density at radius 1 is 0.667 bits per heavy atom. The lowest BCUT2D eigenvalue weighted by atomic mass is 10.1. The first kappa shape index (κ1) is 20.6. The average molecular weight is 295 g/mol. The zero-order valence-electron chi connectivity index (χ0n) is 12.1. The molecule has 0 fully saturated rings. The zero-order valence-corrected chi connectivity index (χ0v) is 13.1. The lowest BCUT2D eigenvalue weighted by Gasteiger charge is -2.24. The van der Waals surface area contributed by atoms with Crippen LogP contribution in [0.15, 0.2) is 0 Å². The highest BCUT2D eigenvalue weighted by Gasteiger charge is 2.36. The van der Waals surface area contributed by atoms with E-state index < -0.39 is 8.80 Å². The second kappa shape index (κ2) is 13.7. The summed E-state index contributed by atoms with van der Waals surface area (Å²) in [4.78, 5) is 0. The molecule has 0 unspecified atom stereocenters. The van der Waals surface area contributed by atoms with Crippen LogP contribution < -0.4 is 0 Å². The Bertz CT molecular complexity index is 156. The molecule has 0 bridgehead atoms. The summed E-state index contributed by atoms with van der Waals surface area (Å²) in [6, 6.07) is 0.936.